The van der Waals surface area contributed by atoms with Gasteiger partial charge in [-0.2, -0.15) is 4.98 Å². The van der Waals surface area contributed by atoms with Crippen molar-refractivity contribution in [3.8, 4) is 0 Å². The zero-order valence-corrected chi connectivity index (χ0v) is 21.3. The van der Waals surface area contributed by atoms with Crippen LogP contribution in [0, 0.1) is 0 Å². The van der Waals surface area contributed by atoms with Gasteiger partial charge in [-0.1, -0.05) is 19.3 Å². The number of carboxylic acid groups (broad SMARTS) is 2. The number of nitrogens with one attached hydrogen (secondary N) is 3. The summed E-state index contributed by atoms with van der Waals surface area (Å²) < 4.78 is 0. The topological polar surface area (TPSA) is 239 Å². The van der Waals surface area contributed by atoms with E-state index >= 15 is 0 Å². The summed E-state index contributed by atoms with van der Waals surface area (Å²) in [6.45, 7) is 0.757. The number of hydrogen-bond acceptors (Lipinski definition) is 10. The minimum atomic E-state index is -1.71. The third kappa shape index (κ3) is 7.95. The number of carbonyl (C=O) groups is 3. The van der Waals surface area contributed by atoms with E-state index in [4.69, 9.17) is 16.6 Å². The molecule has 0 saturated carbocycles. The molecule has 9 N–H and O–H groups in total. The van der Waals surface area contributed by atoms with Crippen molar-refractivity contribution < 1.29 is 24.6 Å². The highest BCUT2D eigenvalue weighted by atomic mass is 16.4. The lowest BCUT2D eigenvalue weighted by Crippen LogP contribution is -2.54. The van der Waals surface area contributed by atoms with Crippen LogP contribution in [0.3, 0.4) is 0 Å². The van der Waals surface area contributed by atoms with Gasteiger partial charge >= 0.3 is 11.9 Å². The second-order valence-electron chi connectivity index (χ2n) is 9.10. The molecule has 0 aliphatic rings. The number of carboxylic acids is 2. The molecule has 2 aromatic heterocycles. The van der Waals surface area contributed by atoms with Crippen LogP contribution in [-0.4, -0.2) is 60.1 Å². The van der Waals surface area contributed by atoms with Gasteiger partial charge in [-0.25, -0.2) is 14.8 Å². The number of hydrogen-bond donors (Lipinski definition) is 7. The fourth-order valence-electron chi connectivity index (χ4n) is 4.04. The second kappa shape index (κ2) is 13.3. The van der Waals surface area contributed by atoms with Crippen molar-refractivity contribution in [1.29, 1.82) is 0 Å². The average molecular weight is 541 g/mol. The normalized spacial score (nSPS) is 12.5. The lowest BCUT2D eigenvalue weighted by atomic mass is 9.86. The van der Waals surface area contributed by atoms with Crippen LogP contribution in [0.4, 0.5) is 11.6 Å². The Bertz CT molecular complexity index is 1380. The zero-order chi connectivity index (χ0) is 28.4. The molecular weight excluding hydrogens is 508 g/mol. The van der Waals surface area contributed by atoms with Gasteiger partial charge < -0.3 is 32.3 Å². The van der Waals surface area contributed by atoms with Crippen molar-refractivity contribution in [2.45, 2.75) is 57.0 Å². The number of unbranched alkanes of at least 4 members (excludes halogenated alkanes) is 3. The highest BCUT2D eigenvalue weighted by molar-refractivity contribution is 5.98. The maximum atomic E-state index is 13.0. The number of aromatic amines is 1. The Morgan fingerprint density at radius 1 is 1.00 bits per heavy atom. The van der Waals surface area contributed by atoms with Crippen molar-refractivity contribution in [3.63, 3.8) is 0 Å². The molecule has 0 bridgehead atoms. The van der Waals surface area contributed by atoms with Crippen LogP contribution in [0.5, 0.6) is 0 Å². The fraction of sp³-hybridized carbons (Fsp3) is 0.400. The van der Waals surface area contributed by atoms with Crippen LogP contribution in [0.2, 0.25) is 0 Å². The smallest absolute Gasteiger partial charge is 0.329 e. The fourth-order valence-corrected chi connectivity index (χ4v) is 4.04. The van der Waals surface area contributed by atoms with E-state index in [1.807, 2.05) is 0 Å². The Balaban J connectivity index is 1.67. The molecule has 2 heterocycles. The molecule has 0 spiro atoms. The molecule has 1 amide bonds. The number of carbonyl (C=O) groups excluding carboxylic acids is 1. The molecule has 0 radical (unpaired) electrons. The largest absolute Gasteiger partial charge is 0.481 e. The van der Waals surface area contributed by atoms with E-state index in [0.29, 0.717) is 24.3 Å². The summed E-state index contributed by atoms with van der Waals surface area (Å²) >= 11 is 0. The molecule has 0 aliphatic heterocycles. The van der Waals surface area contributed by atoms with Gasteiger partial charge in [0.1, 0.15) is 5.54 Å². The quantitative estimate of drug-likeness (QED) is 0.135. The summed E-state index contributed by atoms with van der Waals surface area (Å²) in [6, 6.07) is 6.30. The summed E-state index contributed by atoms with van der Waals surface area (Å²) in [6.07, 6.45) is 3.77. The zero-order valence-electron chi connectivity index (χ0n) is 21.3. The lowest BCUT2D eigenvalue weighted by Gasteiger charge is -2.30. The Labute approximate surface area is 223 Å². The molecule has 0 aliphatic carbocycles. The Kier molecular flexibility index (Phi) is 9.86. The predicted octanol–water partition coefficient (Wildman–Crippen LogP) is 1.23. The first-order chi connectivity index (χ1) is 18.6. The molecule has 3 aromatic rings. The SMILES string of the molecule is NCCCCCCC(CCC(=O)O)(NC(=O)c1ccc(NCc2cnc3nc(N)[nH]c(=O)c3n2)cc1)C(=O)O. The molecular formula is C25H32N8O6. The lowest BCUT2D eigenvalue weighted by molar-refractivity contribution is -0.146. The van der Waals surface area contributed by atoms with Gasteiger partial charge in [0.2, 0.25) is 5.95 Å². The minimum absolute atomic E-state index is 0.0539. The molecule has 208 valence electrons. The molecule has 14 heteroatoms. The molecule has 39 heavy (non-hydrogen) atoms. The molecule has 0 fully saturated rings. The summed E-state index contributed by atoms with van der Waals surface area (Å²) in [5, 5.41) is 24.8. The Morgan fingerprint density at radius 3 is 2.38 bits per heavy atom. The first-order valence-electron chi connectivity index (χ1n) is 12.5. The highest BCUT2D eigenvalue weighted by Gasteiger charge is 2.40. The summed E-state index contributed by atoms with van der Waals surface area (Å²) in [5.41, 5.74) is 10.3. The summed E-state index contributed by atoms with van der Waals surface area (Å²) in [5.74, 6) is -3.10. The average Bonchev–Trinajstić information content (AvgIpc) is 2.90. The van der Waals surface area contributed by atoms with E-state index in [1.165, 1.54) is 18.3 Å². The van der Waals surface area contributed by atoms with Gasteiger partial charge in [0.05, 0.1) is 18.4 Å². The van der Waals surface area contributed by atoms with Crippen LogP contribution in [0.25, 0.3) is 11.2 Å². The van der Waals surface area contributed by atoms with Crippen molar-refractivity contribution in [1.82, 2.24) is 25.3 Å². The number of aromatic nitrogens is 4. The number of amides is 1. The number of nitrogens with zero attached hydrogens (tertiary/aromatic N) is 3. The molecule has 1 unspecified atom stereocenters. The van der Waals surface area contributed by atoms with Gasteiger partial charge in [-0.15, -0.1) is 0 Å². The number of aliphatic carboxylic acids is 2. The molecule has 14 nitrogen and oxygen atoms in total. The van der Waals surface area contributed by atoms with Gasteiger partial charge in [-0.05, 0) is 50.1 Å². The van der Waals surface area contributed by atoms with Crippen molar-refractivity contribution in [2.24, 2.45) is 5.73 Å². The number of nitrogen functional groups attached to an aromatic ring is 1. The third-order valence-corrected chi connectivity index (χ3v) is 6.19. The standard InChI is InChI=1S/C25H32N8O6/c26-12-4-2-1-3-10-25(23(38)39,11-9-18(34)35)33-21(36)15-5-7-16(8-6-15)28-13-17-14-29-20-19(30-17)22(37)32-24(27)31-20/h5-8,14,28H,1-4,9-13,26H2,(H,33,36)(H,34,35)(H,38,39)(H3,27,29,31,32,37). The van der Waals surface area contributed by atoms with Gasteiger partial charge in [0.15, 0.2) is 11.2 Å². The van der Waals surface area contributed by atoms with E-state index < -0.39 is 35.4 Å². The first-order valence-corrected chi connectivity index (χ1v) is 12.5. The molecule has 3 rings (SSSR count). The molecule has 0 saturated heterocycles. The van der Waals surface area contributed by atoms with E-state index in [9.17, 15) is 24.3 Å². The highest BCUT2D eigenvalue weighted by Crippen LogP contribution is 2.24. The Morgan fingerprint density at radius 2 is 1.72 bits per heavy atom. The number of nitrogens with two attached hydrogens (primary N) is 2. The number of benzene rings is 1. The van der Waals surface area contributed by atoms with Gasteiger partial charge in [-0.3, -0.25) is 19.4 Å². The Hall–Kier alpha value is -4.59. The monoisotopic (exact) mass is 540 g/mol. The van der Waals surface area contributed by atoms with E-state index in [2.05, 4.69) is 30.6 Å². The number of anilines is 2. The van der Waals surface area contributed by atoms with Crippen LogP contribution in [-0.2, 0) is 16.1 Å². The summed E-state index contributed by atoms with van der Waals surface area (Å²) in [4.78, 5) is 63.1. The van der Waals surface area contributed by atoms with E-state index in [1.54, 1.807) is 12.1 Å². The molecule has 1 aromatic carbocycles. The van der Waals surface area contributed by atoms with Crippen molar-refractivity contribution in [3.05, 3.63) is 52.1 Å². The number of fused-ring (bicyclic) bond motifs is 1. The van der Waals surface area contributed by atoms with Crippen LogP contribution < -0.4 is 27.7 Å². The van der Waals surface area contributed by atoms with Crippen LogP contribution >= 0.6 is 0 Å². The molecule has 1 atom stereocenters. The maximum absolute atomic E-state index is 13.0. The first kappa shape index (κ1) is 29.0. The second-order valence-corrected chi connectivity index (χ2v) is 9.10. The van der Waals surface area contributed by atoms with E-state index in [-0.39, 0.29) is 42.1 Å². The minimum Gasteiger partial charge on any atom is -0.481 e. The van der Waals surface area contributed by atoms with Gasteiger partial charge in [0.25, 0.3) is 11.5 Å². The van der Waals surface area contributed by atoms with Crippen molar-refractivity contribution in [2.75, 3.05) is 17.6 Å². The van der Waals surface area contributed by atoms with Crippen LogP contribution in [0.15, 0.2) is 35.3 Å². The third-order valence-electron chi connectivity index (χ3n) is 6.19. The number of rotatable bonds is 15. The van der Waals surface area contributed by atoms with Crippen molar-refractivity contribution >= 4 is 40.6 Å². The number of H-pyrrole nitrogens is 1. The predicted molar refractivity (Wildman–Crippen MR) is 143 cm³/mol. The van der Waals surface area contributed by atoms with Gasteiger partial charge in [0, 0.05) is 17.7 Å². The maximum Gasteiger partial charge on any atom is 0.329 e. The van der Waals surface area contributed by atoms with Crippen LogP contribution in [0.1, 0.15) is 61.0 Å². The summed E-state index contributed by atoms with van der Waals surface area (Å²) in [7, 11) is 0. The van der Waals surface area contributed by atoms with E-state index in [0.717, 1.165) is 19.3 Å².